The lowest BCUT2D eigenvalue weighted by Gasteiger charge is -2.06. The minimum atomic E-state index is -0.537. The van der Waals surface area contributed by atoms with Crippen LogP contribution in [-0.4, -0.2) is 16.1 Å². The van der Waals surface area contributed by atoms with Crippen LogP contribution in [0.4, 0.5) is 5.13 Å². The predicted molar refractivity (Wildman–Crippen MR) is 109 cm³/mol. The standard InChI is InChI=1S/C20H15ClN4O2S/c1-2-18-24-25-20(28-18)23-19(26)14(12-22)10-13-4-3-5-17(11-13)27-16-8-6-15(21)7-9-16/h3-11H,2H2,1H3,(H,23,25,26)/b14-10+. The molecule has 0 saturated heterocycles. The molecule has 0 aliphatic rings. The van der Waals surface area contributed by atoms with Crippen LogP contribution >= 0.6 is 22.9 Å². The van der Waals surface area contributed by atoms with Gasteiger partial charge in [0.25, 0.3) is 5.91 Å². The first-order valence-electron chi connectivity index (χ1n) is 8.36. The summed E-state index contributed by atoms with van der Waals surface area (Å²) >= 11 is 7.15. The number of hydrogen-bond donors (Lipinski definition) is 1. The lowest BCUT2D eigenvalue weighted by molar-refractivity contribution is -0.112. The molecule has 2 aromatic carbocycles. The minimum absolute atomic E-state index is 0.0445. The topological polar surface area (TPSA) is 87.9 Å². The molecule has 1 amide bonds. The van der Waals surface area contributed by atoms with E-state index < -0.39 is 5.91 Å². The molecule has 0 bridgehead atoms. The van der Waals surface area contributed by atoms with E-state index in [0.717, 1.165) is 11.4 Å². The third-order valence-corrected chi connectivity index (χ3v) is 4.81. The number of anilines is 1. The predicted octanol–water partition coefficient (Wildman–Crippen LogP) is 5.09. The summed E-state index contributed by atoms with van der Waals surface area (Å²) in [6.07, 6.45) is 2.22. The Kier molecular flexibility index (Phi) is 6.37. The number of ether oxygens (including phenoxy) is 1. The van der Waals surface area contributed by atoms with Crippen molar-refractivity contribution in [1.29, 1.82) is 5.26 Å². The van der Waals surface area contributed by atoms with Gasteiger partial charge in [0.2, 0.25) is 5.13 Å². The molecule has 0 spiro atoms. The average molecular weight is 411 g/mol. The van der Waals surface area contributed by atoms with Gasteiger partial charge in [0.05, 0.1) is 0 Å². The van der Waals surface area contributed by atoms with E-state index in [0.29, 0.717) is 27.2 Å². The molecule has 0 saturated carbocycles. The summed E-state index contributed by atoms with van der Waals surface area (Å²) in [4.78, 5) is 12.3. The van der Waals surface area contributed by atoms with E-state index in [-0.39, 0.29) is 5.57 Å². The Bertz CT molecular complexity index is 1050. The summed E-state index contributed by atoms with van der Waals surface area (Å²) in [5.74, 6) is 0.669. The van der Waals surface area contributed by atoms with Crippen LogP contribution in [0, 0.1) is 11.3 Å². The number of nitrogens with one attached hydrogen (secondary N) is 1. The number of rotatable bonds is 6. The Morgan fingerprint density at radius 2 is 2.04 bits per heavy atom. The highest BCUT2D eigenvalue weighted by molar-refractivity contribution is 7.15. The number of amides is 1. The Hall–Kier alpha value is -3.21. The molecule has 3 rings (SSSR count). The second-order valence-corrected chi connectivity index (χ2v) is 7.11. The van der Waals surface area contributed by atoms with Crippen molar-refractivity contribution in [2.24, 2.45) is 0 Å². The fourth-order valence-corrected chi connectivity index (χ4v) is 3.03. The van der Waals surface area contributed by atoms with Crippen LogP contribution in [0.3, 0.4) is 0 Å². The number of carbonyl (C=O) groups is 1. The Morgan fingerprint density at radius 3 is 2.71 bits per heavy atom. The number of hydrogen-bond acceptors (Lipinski definition) is 6. The molecule has 0 fully saturated rings. The highest BCUT2D eigenvalue weighted by Crippen LogP contribution is 2.25. The van der Waals surface area contributed by atoms with Gasteiger partial charge in [-0.15, -0.1) is 10.2 Å². The van der Waals surface area contributed by atoms with Gasteiger partial charge in [0.15, 0.2) is 0 Å². The van der Waals surface area contributed by atoms with Crippen LogP contribution in [0.5, 0.6) is 11.5 Å². The lowest BCUT2D eigenvalue weighted by atomic mass is 10.1. The quantitative estimate of drug-likeness (QED) is 0.451. The van der Waals surface area contributed by atoms with E-state index in [1.54, 1.807) is 48.5 Å². The molecule has 140 valence electrons. The molecule has 3 aromatic rings. The highest BCUT2D eigenvalue weighted by atomic mass is 35.5. The zero-order valence-corrected chi connectivity index (χ0v) is 16.4. The van der Waals surface area contributed by atoms with Crippen molar-refractivity contribution in [2.45, 2.75) is 13.3 Å². The minimum Gasteiger partial charge on any atom is -0.457 e. The summed E-state index contributed by atoms with van der Waals surface area (Å²) < 4.78 is 5.77. The van der Waals surface area contributed by atoms with Crippen LogP contribution < -0.4 is 10.1 Å². The largest absolute Gasteiger partial charge is 0.457 e. The maximum Gasteiger partial charge on any atom is 0.268 e. The second kappa shape index (κ2) is 9.13. The zero-order valence-electron chi connectivity index (χ0n) is 14.8. The molecule has 1 heterocycles. The normalized spacial score (nSPS) is 11.0. The maximum atomic E-state index is 12.3. The Balaban J connectivity index is 1.75. The molecule has 0 atom stereocenters. The van der Waals surface area contributed by atoms with Gasteiger partial charge in [-0.3, -0.25) is 10.1 Å². The van der Waals surface area contributed by atoms with Gasteiger partial charge < -0.3 is 4.74 Å². The number of carbonyl (C=O) groups excluding carboxylic acids is 1. The van der Waals surface area contributed by atoms with Gasteiger partial charge in [-0.25, -0.2) is 0 Å². The molecule has 28 heavy (non-hydrogen) atoms. The Morgan fingerprint density at radius 1 is 1.25 bits per heavy atom. The smallest absolute Gasteiger partial charge is 0.268 e. The molecule has 0 radical (unpaired) electrons. The summed E-state index contributed by atoms with van der Waals surface area (Å²) in [6.45, 7) is 1.95. The van der Waals surface area contributed by atoms with E-state index in [2.05, 4.69) is 15.5 Å². The number of nitrogens with zero attached hydrogens (tertiary/aromatic N) is 3. The van der Waals surface area contributed by atoms with Gasteiger partial charge in [-0.1, -0.05) is 42.0 Å². The van der Waals surface area contributed by atoms with Crippen molar-refractivity contribution >= 4 is 40.1 Å². The fourth-order valence-electron chi connectivity index (χ4n) is 2.23. The van der Waals surface area contributed by atoms with E-state index >= 15 is 0 Å². The van der Waals surface area contributed by atoms with Gasteiger partial charge in [0.1, 0.15) is 28.1 Å². The third kappa shape index (κ3) is 5.16. The number of aromatic nitrogens is 2. The zero-order chi connectivity index (χ0) is 19.9. The number of aryl methyl sites for hydroxylation is 1. The molecule has 0 aliphatic carbocycles. The SMILES string of the molecule is CCc1nnc(NC(=O)/C(C#N)=C/c2cccc(Oc3ccc(Cl)cc3)c2)s1. The van der Waals surface area contributed by atoms with Gasteiger partial charge in [-0.05, 0) is 54.5 Å². The van der Waals surface area contributed by atoms with E-state index in [1.165, 1.54) is 17.4 Å². The van der Waals surface area contributed by atoms with Crippen LogP contribution in [0.2, 0.25) is 5.02 Å². The van der Waals surface area contributed by atoms with Gasteiger partial charge >= 0.3 is 0 Å². The summed E-state index contributed by atoms with van der Waals surface area (Å²) in [7, 11) is 0. The number of benzene rings is 2. The van der Waals surface area contributed by atoms with Crippen molar-refractivity contribution in [3.8, 4) is 17.6 Å². The summed E-state index contributed by atoms with van der Waals surface area (Å²) in [5.41, 5.74) is 0.613. The monoisotopic (exact) mass is 410 g/mol. The highest BCUT2D eigenvalue weighted by Gasteiger charge is 2.12. The first-order valence-corrected chi connectivity index (χ1v) is 9.56. The lowest BCUT2D eigenvalue weighted by Crippen LogP contribution is -2.13. The second-order valence-electron chi connectivity index (χ2n) is 5.61. The molecular weight excluding hydrogens is 396 g/mol. The fraction of sp³-hybridized carbons (Fsp3) is 0.100. The molecule has 0 unspecified atom stereocenters. The average Bonchev–Trinajstić information content (AvgIpc) is 3.15. The molecule has 1 aromatic heterocycles. The molecule has 8 heteroatoms. The van der Waals surface area contributed by atoms with Gasteiger partial charge in [0, 0.05) is 5.02 Å². The van der Waals surface area contributed by atoms with Gasteiger partial charge in [-0.2, -0.15) is 5.26 Å². The van der Waals surface area contributed by atoms with Crippen molar-refractivity contribution in [1.82, 2.24) is 10.2 Å². The van der Waals surface area contributed by atoms with E-state index in [4.69, 9.17) is 16.3 Å². The van der Waals surface area contributed by atoms with Crippen LogP contribution in [0.25, 0.3) is 6.08 Å². The van der Waals surface area contributed by atoms with E-state index in [1.807, 2.05) is 13.0 Å². The van der Waals surface area contributed by atoms with Crippen molar-refractivity contribution in [3.05, 3.63) is 69.7 Å². The van der Waals surface area contributed by atoms with Crippen molar-refractivity contribution < 1.29 is 9.53 Å². The molecule has 0 aliphatic heterocycles. The van der Waals surface area contributed by atoms with Crippen LogP contribution in [0.15, 0.2) is 54.1 Å². The van der Waals surface area contributed by atoms with Crippen LogP contribution in [-0.2, 0) is 11.2 Å². The maximum absolute atomic E-state index is 12.3. The van der Waals surface area contributed by atoms with Crippen molar-refractivity contribution in [2.75, 3.05) is 5.32 Å². The molecular formula is C20H15ClN4O2S. The first kappa shape index (κ1) is 19.5. The number of nitriles is 1. The van der Waals surface area contributed by atoms with E-state index in [9.17, 15) is 10.1 Å². The number of halogens is 1. The molecule has 6 nitrogen and oxygen atoms in total. The Labute approximate surface area is 171 Å². The third-order valence-electron chi connectivity index (χ3n) is 3.57. The first-order chi connectivity index (χ1) is 13.6. The van der Waals surface area contributed by atoms with Crippen molar-refractivity contribution in [3.63, 3.8) is 0 Å². The van der Waals surface area contributed by atoms with Crippen LogP contribution in [0.1, 0.15) is 17.5 Å². The molecule has 1 N–H and O–H groups in total. The summed E-state index contributed by atoms with van der Waals surface area (Å²) in [5, 5.41) is 21.6. The summed E-state index contributed by atoms with van der Waals surface area (Å²) in [6, 6.07) is 16.0.